The van der Waals surface area contributed by atoms with Crippen LogP contribution in [0, 0.1) is 17.6 Å². The summed E-state index contributed by atoms with van der Waals surface area (Å²) in [5.41, 5.74) is 0.728. The molecule has 1 fully saturated rings. The third-order valence-electron chi connectivity index (χ3n) is 8.47. The van der Waals surface area contributed by atoms with Gasteiger partial charge in [-0.3, -0.25) is 19.4 Å². The summed E-state index contributed by atoms with van der Waals surface area (Å²) in [5, 5.41) is 0.506. The molecular formula is C34H33F2N3O4. The lowest BCUT2D eigenvalue weighted by Crippen LogP contribution is -2.45. The Morgan fingerprint density at radius 2 is 1.58 bits per heavy atom. The summed E-state index contributed by atoms with van der Waals surface area (Å²) in [7, 11) is 0. The Hall–Kier alpha value is -4.37. The minimum absolute atomic E-state index is 0.0580. The number of benzene rings is 3. The van der Waals surface area contributed by atoms with Gasteiger partial charge in [0.05, 0.1) is 18.3 Å². The molecule has 0 N–H and O–H groups in total. The maximum absolute atomic E-state index is 14.2. The van der Waals surface area contributed by atoms with Gasteiger partial charge in [0.1, 0.15) is 28.8 Å². The van der Waals surface area contributed by atoms with Crippen LogP contribution in [0.5, 0.6) is 5.75 Å². The van der Waals surface area contributed by atoms with Crippen molar-refractivity contribution in [1.82, 2.24) is 9.80 Å². The van der Waals surface area contributed by atoms with Gasteiger partial charge in [0.15, 0.2) is 11.0 Å². The van der Waals surface area contributed by atoms with E-state index in [2.05, 4.69) is 4.90 Å². The number of piperidine rings is 1. The molecule has 0 unspecified atom stereocenters. The van der Waals surface area contributed by atoms with E-state index in [1.54, 1.807) is 60.6 Å². The summed E-state index contributed by atoms with van der Waals surface area (Å²) in [6.07, 6.45) is 3.22. The molecule has 2 aliphatic rings. The first-order valence-electron chi connectivity index (χ1n) is 14.6. The van der Waals surface area contributed by atoms with Gasteiger partial charge in [-0.15, -0.1) is 0 Å². The highest BCUT2D eigenvalue weighted by Gasteiger charge is 2.50. The molecule has 3 heterocycles. The van der Waals surface area contributed by atoms with Gasteiger partial charge >= 0.3 is 0 Å². The van der Waals surface area contributed by atoms with Crippen molar-refractivity contribution in [1.29, 1.82) is 0 Å². The molecule has 222 valence electrons. The van der Waals surface area contributed by atoms with Gasteiger partial charge in [0.2, 0.25) is 0 Å². The van der Waals surface area contributed by atoms with E-state index in [9.17, 15) is 18.4 Å². The van der Waals surface area contributed by atoms with E-state index >= 15 is 0 Å². The number of ether oxygens (including phenoxy) is 1. The lowest BCUT2D eigenvalue weighted by molar-refractivity contribution is -0.130. The number of fused-ring (bicyclic) bond motifs is 1. The first-order valence-corrected chi connectivity index (χ1v) is 14.6. The standard InChI is InChI=1S/C34H33F2N3O4/c1-3-42-29-12-13-31-30(18-29)32(40)24(21-43-31)20-38-16-14-23(15-17-38)19-39-22(2)37-34(33(39)41,25-4-8-27(35)9-5-25)26-6-10-28(36)11-7-26/h4-13,18,21,23H,3,14-17,19-20H2,1-2H3. The quantitative estimate of drug-likeness (QED) is 0.258. The molecule has 6 rings (SSSR count). The molecule has 4 aromatic rings. The maximum Gasteiger partial charge on any atom is 0.265 e. The summed E-state index contributed by atoms with van der Waals surface area (Å²) in [4.78, 5) is 36.2. The largest absolute Gasteiger partial charge is 0.494 e. The van der Waals surface area contributed by atoms with Crippen LogP contribution in [0.4, 0.5) is 8.78 Å². The van der Waals surface area contributed by atoms with Crippen LogP contribution in [-0.2, 0) is 16.9 Å². The second-order valence-electron chi connectivity index (χ2n) is 11.2. The van der Waals surface area contributed by atoms with Crippen molar-refractivity contribution in [2.75, 3.05) is 26.2 Å². The van der Waals surface area contributed by atoms with Crippen LogP contribution in [0.25, 0.3) is 11.0 Å². The first-order chi connectivity index (χ1) is 20.8. The van der Waals surface area contributed by atoms with Crippen LogP contribution in [0.1, 0.15) is 43.4 Å². The number of halogens is 2. The zero-order chi connectivity index (χ0) is 30.1. The van der Waals surface area contributed by atoms with Crippen molar-refractivity contribution in [3.05, 3.63) is 112 Å². The molecule has 1 aromatic heterocycles. The molecule has 0 bridgehead atoms. The number of rotatable bonds is 8. The Bertz CT molecular complexity index is 1680. The molecule has 43 heavy (non-hydrogen) atoms. The molecule has 1 amide bonds. The second-order valence-corrected chi connectivity index (χ2v) is 11.2. The number of likely N-dealkylation sites (tertiary alicyclic amines) is 1. The Morgan fingerprint density at radius 1 is 0.953 bits per heavy atom. The normalized spacial score (nSPS) is 17.4. The van der Waals surface area contributed by atoms with E-state index in [-0.39, 0.29) is 17.3 Å². The molecule has 9 heteroatoms. The minimum Gasteiger partial charge on any atom is -0.494 e. The third-order valence-corrected chi connectivity index (χ3v) is 8.47. The number of carbonyl (C=O) groups is 1. The van der Waals surface area contributed by atoms with Gasteiger partial charge < -0.3 is 9.15 Å². The van der Waals surface area contributed by atoms with Gasteiger partial charge in [-0.2, -0.15) is 0 Å². The summed E-state index contributed by atoms with van der Waals surface area (Å²) >= 11 is 0. The van der Waals surface area contributed by atoms with Gasteiger partial charge in [-0.25, -0.2) is 13.8 Å². The summed E-state index contributed by atoms with van der Waals surface area (Å²) in [6, 6.07) is 16.8. The van der Waals surface area contributed by atoms with Crippen molar-refractivity contribution < 1.29 is 22.7 Å². The highest BCUT2D eigenvalue weighted by atomic mass is 19.1. The van der Waals surface area contributed by atoms with Crippen molar-refractivity contribution in [3.8, 4) is 5.75 Å². The van der Waals surface area contributed by atoms with E-state index in [4.69, 9.17) is 14.1 Å². The SMILES string of the molecule is CCOc1ccc2occ(CN3CCC(CN4C(=O)C(c5ccc(F)cc5)(c5ccc(F)cc5)N=C4C)CC3)c(=O)c2c1. The van der Waals surface area contributed by atoms with Crippen LogP contribution in [-0.4, -0.2) is 47.8 Å². The monoisotopic (exact) mass is 585 g/mol. The molecule has 0 aliphatic carbocycles. The van der Waals surface area contributed by atoms with Crippen molar-refractivity contribution in [2.45, 2.75) is 38.8 Å². The van der Waals surface area contributed by atoms with E-state index in [1.807, 2.05) is 6.92 Å². The van der Waals surface area contributed by atoms with Crippen molar-refractivity contribution in [2.24, 2.45) is 10.9 Å². The van der Waals surface area contributed by atoms with Gasteiger partial charge in [-0.05, 0) is 99.3 Å². The lowest BCUT2D eigenvalue weighted by Gasteiger charge is -2.34. The number of hydrogen-bond acceptors (Lipinski definition) is 6. The Labute approximate surface area is 248 Å². The summed E-state index contributed by atoms with van der Waals surface area (Å²) in [6.45, 7) is 6.71. The molecule has 3 aromatic carbocycles. The van der Waals surface area contributed by atoms with E-state index in [1.165, 1.54) is 24.3 Å². The van der Waals surface area contributed by atoms with Crippen molar-refractivity contribution >= 4 is 22.7 Å². The number of amides is 1. The number of nitrogens with zero attached hydrogens (tertiary/aromatic N) is 3. The van der Waals surface area contributed by atoms with Crippen LogP contribution < -0.4 is 10.2 Å². The number of hydrogen-bond donors (Lipinski definition) is 0. The Morgan fingerprint density at radius 3 is 2.19 bits per heavy atom. The minimum atomic E-state index is -1.40. The maximum atomic E-state index is 14.2. The molecule has 0 atom stereocenters. The zero-order valence-corrected chi connectivity index (χ0v) is 24.2. The summed E-state index contributed by atoms with van der Waals surface area (Å²) < 4.78 is 38.9. The summed E-state index contributed by atoms with van der Waals surface area (Å²) in [5.74, 6) is 0.379. The average Bonchev–Trinajstić information content (AvgIpc) is 3.26. The van der Waals surface area contributed by atoms with Gasteiger partial charge in [0, 0.05) is 18.7 Å². The lowest BCUT2D eigenvalue weighted by atomic mass is 9.82. The van der Waals surface area contributed by atoms with Crippen LogP contribution in [0.3, 0.4) is 0 Å². The average molecular weight is 586 g/mol. The van der Waals surface area contributed by atoms with Crippen LogP contribution in [0.15, 0.2) is 87.2 Å². The highest BCUT2D eigenvalue weighted by molar-refractivity contribution is 6.09. The molecule has 0 saturated carbocycles. The fourth-order valence-corrected chi connectivity index (χ4v) is 6.18. The molecule has 0 radical (unpaired) electrons. The molecule has 0 spiro atoms. The topological polar surface area (TPSA) is 75.3 Å². The van der Waals surface area contributed by atoms with Gasteiger partial charge in [0.25, 0.3) is 5.91 Å². The molecule has 1 saturated heterocycles. The number of amidine groups is 1. The fraction of sp³-hybridized carbons (Fsp3) is 0.324. The first kappa shape index (κ1) is 28.7. The second kappa shape index (κ2) is 11.7. The molecule has 7 nitrogen and oxygen atoms in total. The zero-order valence-electron chi connectivity index (χ0n) is 24.2. The van der Waals surface area contributed by atoms with E-state index in [0.29, 0.717) is 58.9 Å². The Kier molecular flexibility index (Phi) is 7.83. The molecule has 2 aliphatic heterocycles. The predicted octanol–water partition coefficient (Wildman–Crippen LogP) is 5.89. The number of aliphatic imine (C=N–C) groups is 1. The van der Waals surface area contributed by atoms with Crippen LogP contribution in [0.2, 0.25) is 0 Å². The fourth-order valence-electron chi connectivity index (χ4n) is 6.18. The Balaban J connectivity index is 1.16. The smallest absolute Gasteiger partial charge is 0.265 e. The van der Waals surface area contributed by atoms with Gasteiger partial charge in [-0.1, -0.05) is 24.3 Å². The van der Waals surface area contributed by atoms with E-state index in [0.717, 1.165) is 25.9 Å². The highest BCUT2D eigenvalue weighted by Crippen LogP contribution is 2.41. The third kappa shape index (κ3) is 5.45. The number of carbonyl (C=O) groups excluding carboxylic acids is 1. The predicted molar refractivity (Wildman–Crippen MR) is 160 cm³/mol. The van der Waals surface area contributed by atoms with Crippen LogP contribution >= 0.6 is 0 Å². The van der Waals surface area contributed by atoms with Crippen molar-refractivity contribution in [3.63, 3.8) is 0 Å². The molecular weight excluding hydrogens is 552 g/mol. The van der Waals surface area contributed by atoms with E-state index < -0.39 is 17.2 Å².